The van der Waals surface area contributed by atoms with Gasteiger partial charge in [0.1, 0.15) is 11.4 Å². The lowest BCUT2D eigenvalue weighted by Crippen LogP contribution is -1.98. The average molecular weight is 511 g/mol. The van der Waals surface area contributed by atoms with Crippen molar-refractivity contribution >= 4 is 50.9 Å². The third-order valence-electron chi connectivity index (χ3n) is 3.98. The molecule has 2 aromatic heterocycles. The molecule has 0 radical (unpaired) electrons. The first-order valence-corrected chi connectivity index (χ1v) is 11.4. The molecular formula is C21H17BrF2N2O2S2. The number of aryl methyl sites for hydroxylation is 1. The lowest BCUT2D eigenvalue weighted by Gasteiger charge is -2.10. The van der Waals surface area contributed by atoms with Gasteiger partial charge in [-0.1, -0.05) is 23.9 Å². The molecular weight excluding hydrogens is 494 g/mol. The van der Waals surface area contributed by atoms with Crippen LogP contribution in [-0.4, -0.2) is 22.9 Å². The molecule has 0 aliphatic rings. The van der Waals surface area contributed by atoms with Gasteiger partial charge in [0, 0.05) is 26.9 Å². The minimum atomic E-state index is -2.64. The van der Waals surface area contributed by atoms with E-state index in [2.05, 4.69) is 25.9 Å². The SMILES string of the molecule is COc1ccc(/C=C/C(=O)c2cc(Br)cs2)cc1CSc1nc(C)cc(C(F)F)n1. The number of thioether (sulfide) groups is 1. The van der Waals surface area contributed by atoms with Gasteiger partial charge in [-0.25, -0.2) is 18.7 Å². The Balaban J connectivity index is 1.76. The molecule has 156 valence electrons. The minimum Gasteiger partial charge on any atom is -0.496 e. The van der Waals surface area contributed by atoms with E-state index in [1.54, 1.807) is 26.2 Å². The van der Waals surface area contributed by atoms with E-state index >= 15 is 0 Å². The maximum absolute atomic E-state index is 13.0. The topological polar surface area (TPSA) is 52.1 Å². The van der Waals surface area contributed by atoms with Crippen LogP contribution in [0, 0.1) is 6.92 Å². The maximum atomic E-state index is 13.0. The van der Waals surface area contributed by atoms with Crippen LogP contribution in [0.2, 0.25) is 0 Å². The number of alkyl halides is 2. The van der Waals surface area contributed by atoms with Crippen molar-refractivity contribution in [1.82, 2.24) is 9.97 Å². The van der Waals surface area contributed by atoms with Crippen molar-refractivity contribution in [3.8, 4) is 5.75 Å². The molecule has 2 heterocycles. The Morgan fingerprint density at radius 2 is 2.10 bits per heavy atom. The number of ether oxygens (including phenoxy) is 1. The fraction of sp³-hybridized carbons (Fsp3) is 0.190. The Morgan fingerprint density at radius 1 is 1.30 bits per heavy atom. The fourth-order valence-electron chi connectivity index (χ4n) is 2.59. The number of carbonyl (C=O) groups is 1. The normalized spacial score (nSPS) is 11.4. The summed E-state index contributed by atoms with van der Waals surface area (Å²) in [7, 11) is 1.56. The third kappa shape index (κ3) is 5.96. The summed E-state index contributed by atoms with van der Waals surface area (Å²) in [5.74, 6) is 1.02. The van der Waals surface area contributed by atoms with Crippen molar-refractivity contribution in [1.29, 1.82) is 0 Å². The number of ketones is 1. The molecule has 0 aliphatic carbocycles. The molecule has 0 unspecified atom stereocenters. The van der Waals surface area contributed by atoms with E-state index in [0.29, 0.717) is 22.1 Å². The molecule has 30 heavy (non-hydrogen) atoms. The highest BCUT2D eigenvalue weighted by atomic mass is 79.9. The quantitative estimate of drug-likeness (QED) is 0.145. The summed E-state index contributed by atoms with van der Waals surface area (Å²) < 4.78 is 32.2. The fourth-order valence-corrected chi connectivity index (χ4v) is 4.83. The number of hydrogen-bond donors (Lipinski definition) is 0. The lowest BCUT2D eigenvalue weighted by atomic mass is 10.1. The molecule has 0 fully saturated rings. The molecule has 0 saturated carbocycles. The summed E-state index contributed by atoms with van der Waals surface area (Å²) in [6, 6.07) is 8.61. The zero-order valence-corrected chi connectivity index (χ0v) is 19.3. The first-order valence-electron chi connectivity index (χ1n) is 8.75. The van der Waals surface area contributed by atoms with Crippen LogP contribution in [0.3, 0.4) is 0 Å². The molecule has 3 rings (SSSR count). The number of aromatic nitrogens is 2. The number of carbonyl (C=O) groups excluding carboxylic acids is 1. The van der Waals surface area contributed by atoms with E-state index in [-0.39, 0.29) is 16.6 Å². The molecule has 0 bridgehead atoms. The van der Waals surface area contributed by atoms with Crippen molar-refractivity contribution < 1.29 is 18.3 Å². The smallest absolute Gasteiger partial charge is 0.280 e. The highest BCUT2D eigenvalue weighted by Gasteiger charge is 2.13. The van der Waals surface area contributed by atoms with Crippen LogP contribution in [0.5, 0.6) is 5.75 Å². The predicted octanol–water partition coefficient (Wildman–Crippen LogP) is 6.74. The zero-order chi connectivity index (χ0) is 21.7. The Hall–Kier alpha value is -2.10. The van der Waals surface area contributed by atoms with Crippen molar-refractivity contribution in [3.63, 3.8) is 0 Å². The lowest BCUT2D eigenvalue weighted by molar-refractivity contribution is 0.105. The van der Waals surface area contributed by atoms with Gasteiger partial charge in [-0.05, 0) is 58.8 Å². The van der Waals surface area contributed by atoms with Gasteiger partial charge in [-0.15, -0.1) is 11.3 Å². The summed E-state index contributed by atoms with van der Waals surface area (Å²) >= 11 is 5.97. The zero-order valence-electron chi connectivity index (χ0n) is 16.1. The molecule has 0 aliphatic heterocycles. The van der Waals surface area contributed by atoms with Gasteiger partial charge in [-0.3, -0.25) is 4.79 Å². The Bertz CT molecular complexity index is 1090. The van der Waals surface area contributed by atoms with Crippen molar-refractivity contribution in [2.24, 2.45) is 0 Å². The molecule has 0 atom stereocenters. The third-order valence-corrected chi connectivity index (χ3v) is 6.58. The number of halogens is 3. The molecule has 3 aromatic rings. The molecule has 4 nitrogen and oxygen atoms in total. The van der Waals surface area contributed by atoms with Gasteiger partial charge in [0.2, 0.25) is 0 Å². The molecule has 0 N–H and O–H groups in total. The predicted molar refractivity (Wildman–Crippen MR) is 120 cm³/mol. The van der Waals surface area contributed by atoms with Gasteiger partial charge in [0.05, 0.1) is 12.0 Å². The average Bonchev–Trinajstić information content (AvgIpc) is 3.16. The summed E-state index contributed by atoms with van der Waals surface area (Å²) in [6.07, 6.45) is 0.618. The number of nitrogens with zero attached hydrogens (tertiary/aromatic N) is 2. The van der Waals surface area contributed by atoms with Gasteiger partial charge < -0.3 is 4.74 Å². The van der Waals surface area contributed by atoms with E-state index in [9.17, 15) is 13.6 Å². The number of methoxy groups -OCH3 is 1. The van der Waals surface area contributed by atoms with E-state index in [1.165, 1.54) is 35.2 Å². The molecule has 0 amide bonds. The largest absolute Gasteiger partial charge is 0.496 e. The van der Waals surface area contributed by atoms with Crippen LogP contribution in [-0.2, 0) is 5.75 Å². The van der Waals surface area contributed by atoms with Crippen LogP contribution < -0.4 is 4.74 Å². The second-order valence-corrected chi connectivity index (χ2v) is 8.97. The van der Waals surface area contributed by atoms with E-state index < -0.39 is 6.43 Å². The van der Waals surface area contributed by atoms with E-state index in [1.807, 2.05) is 23.6 Å². The van der Waals surface area contributed by atoms with Crippen LogP contribution in [0.15, 0.2) is 51.4 Å². The maximum Gasteiger partial charge on any atom is 0.280 e. The monoisotopic (exact) mass is 510 g/mol. The molecule has 1 aromatic carbocycles. The summed E-state index contributed by atoms with van der Waals surface area (Å²) in [5, 5.41) is 2.14. The van der Waals surface area contributed by atoms with Gasteiger partial charge in [-0.2, -0.15) is 0 Å². The number of benzene rings is 1. The molecule has 9 heteroatoms. The molecule has 0 saturated heterocycles. The number of hydrogen-bond acceptors (Lipinski definition) is 6. The first-order chi connectivity index (χ1) is 14.4. The summed E-state index contributed by atoms with van der Waals surface area (Å²) in [5.41, 5.74) is 1.88. The second-order valence-electron chi connectivity index (χ2n) is 6.20. The van der Waals surface area contributed by atoms with Gasteiger partial charge >= 0.3 is 0 Å². The Kier molecular flexibility index (Phi) is 7.74. The minimum absolute atomic E-state index is 0.0786. The molecule has 0 spiro atoms. The number of thiophene rings is 1. The summed E-state index contributed by atoms with van der Waals surface area (Å²) in [6.45, 7) is 1.66. The summed E-state index contributed by atoms with van der Waals surface area (Å²) in [4.78, 5) is 21.1. The highest BCUT2D eigenvalue weighted by molar-refractivity contribution is 9.10. The Labute approximate surface area is 189 Å². The van der Waals surface area contributed by atoms with Crippen molar-refractivity contribution in [2.45, 2.75) is 24.3 Å². The van der Waals surface area contributed by atoms with Crippen LogP contribution in [0.25, 0.3) is 6.08 Å². The van der Waals surface area contributed by atoms with E-state index in [0.717, 1.165) is 15.6 Å². The van der Waals surface area contributed by atoms with Crippen molar-refractivity contribution in [2.75, 3.05) is 7.11 Å². The second kappa shape index (κ2) is 10.3. The number of rotatable bonds is 8. The number of allylic oxidation sites excluding steroid dienone is 1. The highest BCUT2D eigenvalue weighted by Crippen LogP contribution is 2.29. The van der Waals surface area contributed by atoms with Crippen LogP contribution in [0.4, 0.5) is 8.78 Å². The standard InChI is InChI=1S/C21H17BrF2N2O2S2/c1-12-7-16(20(23)24)26-21(25-12)30-10-14-8-13(4-6-18(14)28-2)3-5-17(27)19-9-15(22)11-29-19/h3-9,11,20H,10H2,1-2H3/b5-3+. The Morgan fingerprint density at radius 3 is 2.77 bits per heavy atom. The van der Waals surface area contributed by atoms with Gasteiger partial charge in [0.25, 0.3) is 6.43 Å². The van der Waals surface area contributed by atoms with Crippen LogP contribution in [0.1, 0.15) is 38.6 Å². The first kappa shape index (κ1) is 22.6. The van der Waals surface area contributed by atoms with Crippen molar-refractivity contribution in [3.05, 3.63) is 73.7 Å². The van der Waals surface area contributed by atoms with E-state index in [4.69, 9.17) is 4.74 Å². The van der Waals surface area contributed by atoms with Gasteiger partial charge in [0.15, 0.2) is 10.9 Å². The van der Waals surface area contributed by atoms with Crippen LogP contribution >= 0.6 is 39.0 Å².